The molecule has 0 spiro atoms. The third-order valence-corrected chi connectivity index (χ3v) is 13.8. The second kappa shape index (κ2) is 55.2. The molecule has 1 amide bonds. The van der Waals surface area contributed by atoms with Crippen molar-refractivity contribution in [2.24, 2.45) is 0 Å². The molecule has 0 aromatic heterocycles. The van der Waals surface area contributed by atoms with Crippen LogP contribution in [0.1, 0.15) is 328 Å². The first-order chi connectivity index (χ1) is 32.0. The monoisotopic (exact) mass is 918 g/mol. The van der Waals surface area contributed by atoms with Gasteiger partial charge in [0.1, 0.15) is 0 Å². The van der Waals surface area contributed by atoms with Crippen LogP contribution in [0.15, 0.2) is 12.2 Å². The Kier molecular flexibility index (Phi) is 54.0. The smallest absolute Gasteiger partial charge is 0.305 e. The molecule has 0 bridgehead atoms. The summed E-state index contributed by atoms with van der Waals surface area (Å²) >= 11 is 0. The molecule has 0 aromatic rings. The van der Waals surface area contributed by atoms with E-state index in [1.807, 2.05) is 0 Å². The molecule has 6 nitrogen and oxygen atoms in total. The largest absolute Gasteiger partial charge is 0.466 e. The number of amides is 1. The van der Waals surface area contributed by atoms with Crippen molar-refractivity contribution in [2.75, 3.05) is 13.2 Å². The minimum absolute atomic E-state index is 0.0126. The quantitative estimate of drug-likeness (QED) is 0.0321. The second-order valence-electron chi connectivity index (χ2n) is 20.3. The lowest BCUT2D eigenvalue weighted by Crippen LogP contribution is -2.45. The molecule has 65 heavy (non-hydrogen) atoms. The van der Waals surface area contributed by atoms with Crippen LogP contribution < -0.4 is 5.32 Å². The highest BCUT2D eigenvalue weighted by Gasteiger charge is 2.20. The summed E-state index contributed by atoms with van der Waals surface area (Å²) in [4.78, 5) is 24.4. The van der Waals surface area contributed by atoms with Gasteiger partial charge in [0.2, 0.25) is 5.91 Å². The lowest BCUT2D eigenvalue weighted by molar-refractivity contribution is -0.143. The molecule has 2 atom stereocenters. The van der Waals surface area contributed by atoms with Gasteiger partial charge in [-0.2, -0.15) is 0 Å². The number of allylic oxidation sites excluding steroid dienone is 2. The van der Waals surface area contributed by atoms with Crippen LogP contribution in [0, 0.1) is 0 Å². The Morgan fingerprint density at radius 2 is 0.723 bits per heavy atom. The first kappa shape index (κ1) is 63.6. The van der Waals surface area contributed by atoms with Gasteiger partial charge >= 0.3 is 5.97 Å². The standard InChI is InChI=1S/C59H115NO5/c1-3-5-7-9-11-13-15-28-32-35-39-43-47-51-57(62)56(55-61)60-58(63)52-48-44-40-36-33-29-26-24-22-20-18-16-17-19-21-23-25-27-30-34-38-42-46-50-54-65-59(64)53-49-45-41-37-31-14-12-10-8-6-4-2/h18,20,56-57,61-62H,3-17,19,21-55H2,1-2H3,(H,60,63)/b20-18-. The van der Waals surface area contributed by atoms with E-state index in [4.69, 9.17) is 4.74 Å². The van der Waals surface area contributed by atoms with Crippen molar-refractivity contribution in [3.63, 3.8) is 0 Å². The maximum absolute atomic E-state index is 12.5. The van der Waals surface area contributed by atoms with Gasteiger partial charge in [-0.05, 0) is 51.4 Å². The lowest BCUT2D eigenvalue weighted by Gasteiger charge is -2.22. The highest BCUT2D eigenvalue weighted by molar-refractivity contribution is 5.76. The maximum Gasteiger partial charge on any atom is 0.305 e. The number of aliphatic hydroxyl groups is 2. The maximum atomic E-state index is 12.5. The van der Waals surface area contributed by atoms with Crippen molar-refractivity contribution in [3.8, 4) is 0 Å². The van der Waals surface area contributed by atoms with Crippen molar-refractivity contribution < 1.29 is 24.5 Å². The average Bonchev–Trinajstić information content (AvgIpc) is 3.31. The predicted octanol–water partition coefficient (Wildman–Crippen LogP) is 18.1. The Balaban J connectivity index is 3.39. The van der Waals surface area contributed by atoms with E-state index in [0.717, 1.165) is 38.5 Å². The van der Waals surface area contributed by atoms with Crippen molar-refractivity contribution >= 4 is 11.9 Å². The fourth-order valence-electron chi connectivity index (χ4n) is 9.28. The summed E-state index contributed by atoms with van der Waals surface area (Å²) in [6.07, 6.45) is 65.0. The molecule has 0 rings (SSSR count). The number of rotatable bonds is 55. The molecule has 0 aliphatic carbocycles. The minimum Gasteiger partial charge on any atom is -0.466 e. The average molecular weight is 919 g/mol. The Bertz CT molecular complexity index is 970. The molecule has 6 heteroatoms. The van der Waals surface area contributed by atoms with Crippen molar-refractivity contribution in [1.82, 2.24) is 5.32 Å². The van der Waals surface area contributed by atoms with Gasteiger partial charge in [0.15, 0.2) is 0 Å². The highest BCUT2D eigenvalue weighted by Crippen LogP contribution is 2.17. The molecule has 386 valence electrons. The van der Waals surface area contributed by atoms with Gasteiger partial charge in [0.25, 0.3) is 0 Å². The van der Waals surface area contributed by atoms with Crippen LogP contribution in [0.3, 0.4) is 0 Å². The topological polar surface area (TPSA) is 95.9 Å². The summed E-state index contributed by atoms with van der Waals surface area (Å²) in [7, 11) is 0. The van der Waals surface area contributed by atoms with Crippen LogP contribution in [-0.4, -0.2) is 47.4 Å². The van der Waals surface area contributed by atoms with E-state index in [-0.39, 0.29) is 18.5 Å². The second-order valence-corrected chi connectivity index (χ2v) is 20.3. The Morgan fingerprint density at radius 1 is 0.415 bits per heavy atom. The van der Waals surface area contributed by atoms with Gasteiger partial charge in [-0.25, -0.2) is 0 Å². The number of unbranched alkanes of at least 4 members (excludes halogenated alkanes) is 42. The summed E-state index contributed by atoms with van der Waals surface area (Å²) in [5.74, 6) is -0.0257. The first-order valence-corrected chi connectivity index (χ1v) is 29.4. The number of nitrogens with one attached hydrogen (secondary N) is 1. The van der Waals surface area contributed by atoms with Crippen LogP contribution in [-0.2, 0) is 14.3 Å². The third kappa shape index (κ3) is 51.8. The molecule has 2 unspecified atom stereocenters. The van der Waals surface area contributed by atoms with Gasteiger partial charge < -0.3 is 20.3 Å². The summed E-state index contributed by atoms with van der Waals surface area (Å²) < 4.78 is 5.46. The van der Waals surface area contributed by atoms with Crippen LogP contribution in [0.2, 0.25) is 0 Å². The number of carbonyl (C=O) groups is 2. The zero-order valence-electron chi connectivity index (χ0n) is 44.0. The van der Waals surface area contributed by atoms with E-state index >= 15 is 0 Å². The number of carbonyl (C=O) groups excluding carboxylic acids is 2. The molecule has 0 heterocycles. The molecule has 0 fully saturated rings. The van der Waals surface area contributed by atoms with E-state index in [1.165, 1.54) is 257 Å². The normalized spacial score (nSPS) is 12.6. The molecule has 0 aliphatic rings. The zero-order chi connectivity index (χ0) is 47.2. The molecule has 0 aliphatic heterocycles. The van der Waals surface area contributed by atoms with Crippen LogP contribution in [0.5, 0.6) is 0 Å². The minimum atomic E-state index is -0.665. The number of esters is 1. The molecule has 0 radical (unpaired) electrons. The van der Waals surface area contributed by atoms with Gasteiger partial charge in [-0.1, -0.05) is 276 Å². The molecular formula is C59H115NO5. The Morgan fingerprint density at radius 3 is 1.09 bits per heavy atom. The zero-order valence-corrected chi connectivity index (χ0v) is 44.0. The molecular weight excluding hydrogens is 803 g/mol. The summed E-state index contributed by atoms with van der Waals surface area (Å²) in [6.45, 7) is 4.96. The van der Waals surface area contributed by atoms with E-state index < -0.39 is 12.1 Å². The Hall–Kier alpha value is -1.40. The predicted molar refractivity (Wildman–Crippen MR) is 283 cm³/mol. The summed E-state index contributed by atoms with van der Waals surface area (Å²) in [5.41, 5.74) is 0. The van der Waals surface area contributed by atoms with Crippen LogP contribution >= 0.6 is 0 Å². The van der Waals surface area contributed by atoms with Crippen molar-refractivity contribution in [2.45, 2.75) is 341 Å². The molecule has 0 aromatic carbocycles. The van der Waals surface area contributed by atoms with Crippen LogP contribution in [0.25, 0.3) is 0 Å². The van der Waals surface area contributed by atoms with E-state index in [1.54, 1.807) is 0 Å². The fraction of sp³-hybridized carbons (Fsp3) is 0.932. The Labute approximate surface area is 406 Å². The molecule has 3 N–H and O–H groups in total. The van der Waals surface area contributed by atoms with E-state index in [0.29, 0.717) is 25.9 Å². The summed E-state index contributed by atoms with van der Waals surface area (Å²) in [5, 5.41) is 23.2. The summed E-state index contributed by atoms with van der Waals surface area (Å²) in [6, 6.07) is -0.543. The van der Waals surface area contributed by atoms with Crippen LogP contribution in [0.4, 0.5) is 0 Å². The first-order valence-electron chi connectivity index (χ1n) is 29.4. The van der Waals surface area contributed by atoms with Gasteiger partial charge in [-0.3, -0.25) is 9.59 Å². The highest BCUT2D eigenvalue weighted by atomic mass is 16.5. The number of ether oxygens (including phenoxy) is 1. The number of hydrogen-bond donors (Lipinski definition) is 3. The van der Waals surface area contributed by atoms with Gasteiger partial charge in [0, 0.05) is 12.8 Å². The number of hydrogen-bond acceptors (Lipinski definition) is 5. The van der Waals surface area contributed by atoms with Crippen molar-refractivity contribution in [1.29, 1.82) is 0 Å². The van der Waals surface area contributed by atoms with Crippen molar-refractivity contribution in [3.05, 3.63) is 12.2 Å². The van der Waals surface area contributed by atoms with E-state index in [9.17, 15) is 19.8 Å². The lowest BCUT2D eigenvalue weighted by atomic mass is 10.0. The van der Waals surface area contributed by atoms with Gasteiger partial charge in [-0.15, -0.1) is 0 Å². The SMILES string of the molecule is CCCCCCCCCCCCCCCC(O)C(CO)NC(=O)CCCCCCCCCC/C=C\CCCCCCCCCCCCCCOC(=O)CCCCCCCCCCCCC. The van der Waals surface area contributed by atoms with E-state index in [2.05, 4.69) is 31.3 Å². The third-order valence-electron chi connectivity index (χ3n) is 13.8. The molecule has 0 saturated heterocycles. The molecule has 0 saturated carbocycles. The van der Waals surface area contributed by atoms with Gasteiger partial charge in [0.05, 0.1) is 25.4 Å². The number of aliphatic hydroxyl groups excluding tert-OH is 2. The fourth-order valence-corrected chi connectivity index (χ4v) is 9.28.